The fraction of sp³-hybridized carbons (Fsp3) is 0. The first-order valence-corrected chi connectivity index (χ1v) is 13.8. The van der Waals surface area contributed by atoms with Gasteiger partial charge in [0.05, 0.1) is 43.0 Å². The molecule has 210 valence electrons. The molecular weight excluding hydrogens is 594 g/mol. The molecule has 0 spiro atoms. The monoisotopic (exact) mass is 603 g/mol. The minimum atomic E-state index is -0.282. The molecular formula is C39H9N9. The highest BCUT2D eigenvalue weighted by atomic mass is 14.9. The minimum Gasteiger partial charge on any atom is -0.238 e. The highest BCUT2D eigenvalue weighted by Gasteiger charge is 2.45. The molecule has 0 saturated carbocycles. The van der Waals surface area contributed by atoms with Gasteiger partial charge in [0, 0.05) is 16.7 Å². The first kappa shape index (κ1) is 28.3. The van der Waals surface area contributed by atoms with Crippen LogP contribution in [0.25, 0.3) is 74.3 Å². The zero-order valence-corrected chi connectivity index (χ0v) is 24.2. The van der Waals surface area contributed by atoms with Crippen molar-refractivity contribution in [2.24, 2.45) is 0 Å². The Hall–Kier alpha value is -8.49. The smallest absolute Gasteiger partial charge is 0.238 e. The molecule has 0 atom stereocenters. The van der Waals surface area contributed by atoms with Crippen LogP contribution in [-0.2, 0) is 0 Å². The van der Waals surface area contributed by atoms with Gasteiger partial charge >= 0.3 is 5.82 Å². The Morgan fingerprint density at radius 2 is 0.958 bits per heavy atom. The van der Waals surface area contributed by atoms with Gasteiger partial charge in [-0.25, -0.2) is 19.8 Å². The topological polar surface area (TPSA) is 117 Å². The van der Waals surface area contributed by atoms with Crippen LogP contribution in [0, 0.1) is 78.2 Å². The van der Waals surface area contributed by atoms with Crippen LogP contribution in [0.15, 0.2) is 71.7 Å². The summed E-state index contributed by atoms with van der Waals surface area (Å²) in [5.41, 5.74) is 6.67. The van der Waals surface area contributed by atoms with Gasteiger partial charge in [-0.1, -0.05) is 30.3 Å². The van der Waals surface area contributed by atoms with Gasteiger partial charge in [0.1, 0.15) is 30.9 Å². The molecule has 0 unspecified atom stereocenters. The standard InChI is InChI=1S/C39H9N9/c1-44-21-7-10-24-27(13-21)30(20(16-41)17-42)36-32-23-9-6-19(15-40)12-26(23)31(29(18-43)46-3)37(32)34-25-11-8-22(45-2)14-28(25)35(38(34)33(24)36)39(47-4)48-5/h6-14H/b31-29-. The predicted molar refractivity (Wildman–Crippen MR) is 175 cm³/mol. The molecule has 0 bridgehead atoms. The second-order valence-corrected chi connectivity index (χ2v) is 10.6. The lowest BCUT2D eigenvalue weighted by Crippen LogP contribution is -1.99. The summed E-state index contributed by atoms with van der Waals surface area (Å²) in [6, 6.07) is 22.8. The molecule has 9 heteroatoms. The summed E-state index contributed by atoms with van der Waals surface area (Å²) in [5, 5.41) is 40.6. The molecule has 4 aromatic rings. The third-order valence-electron chi connectivity index (χ3n) is 8.64. The van der Waals surface area contributed by atoms with Crippen molar-refractivity contribution in [3.8, 4) is 57.7 Å². The number of allylic oxidation sites excluding steroid dienone is 2. The zero-order chi connectivity index (χ0) is 33.9. The lowest BCUT2D eigenvalue weighted by atomic mass is 9.83. The molecule has 0 amide bonds. The molecule has 0 aliphatic heterocycles. The first-order chi connectivity index (χ1) is 23.4. The Kier molecular flexibility index (Phi) is 6.07. The highest BCUT2D eigenvalue weighted by Crippen LogP contribution is 2.65. The SMILES string of the molecule is [C-]#[N+]C([N+]#[C-])=C1c2cc([N+]#[C-])ccc2-c2c1c1c(c3c2/C(=C(/C#N)[N+]#[C-])c2cc(C#N)ccc2-3)C(=C(C#N)C#N)c2cc([N+]#[C-])ccc2-1. The molecule has 48 heavy (non-hydrogen) atoms. The number of nitrogens with zero attached hydrogens (tertiary/aromatic N) is 9. The quantitative estimate of drug-likeness (QED) is 0.127. The largest absolute Gasteiger partial charge is 0.527 e. The first-order valence-electron chi connectivity index (χ1n) is 13.8. The van der Waals surface area contributed by atoms with E-state index in [2.05, 4.69) is 30.3 Å². The van der Waals surface area contributed by atoms with E-state index < -0.39 is 0 Å². The molecule has 4 aromatic carbocycles. The van der Waals surface area contributed by atoms with Crippen molar-refractivity contribution < 1.29 is 0 Å². The normalized spacial score (nSPS) is 12.6. The number of rotatable bonds is 0. The van der Waals surface area contributed by atoms with Crippen molar-refractivity contribution in [1.29, 1.82) is 21.0 Å². The van der Waals surface area contributed by atoms with E-state index in [9.17, 15) is 21.0 Å². The summed E-state index contributed by atoms with van der Waals surface area (Å²) >= 11 is 0. The van der Waals surface area contributed by atoms with Gasteiger partial charge in [0.2, 0.25) is 0 Å². The van der Waals surface area contributed by atoms with Crippen LogP contribution in [0.4, 0.5) is 11.4 Å². The zero-order valence-electron chi connectivity index (χ0n) is 24.2. The maximum Gasteiger partial charge on any atom is 0.527 e. The van der Waals surface area contributed by atoms with Crippen LogP contribution in [0.1, 0.15) is 38.9 Å². The van der Waals surface area contributed by atoms with Crippen LogP contribution >= 0.6 is 0 Å². The molecule has 0 saturated heterocycles. The van der Waals surface area contributed by atoms with E-state index in [-0.39, 0.29) is 50.7 Å². The van der Waals surface area contributed by atoms with Crippen molar-refractivity contribution in [1.82, 2.24) is 0 Å². The average Bonchev–Trinajstić information content (AvgIpc) is 3.75. The van der Waals surface area contributed by atoms with Crippen LogP contribution in [0.3, 0.4) is 0 Å². The van der Waals surface area contributed by atoms with E-state index in [1.54, 1.807) is 54.6 Å². The fourth-order valence-corrected chi connectivity index (χ4v) is 6.95. The summed E-state index contributed by atoms with van der Waals surface area (Å²) in [4.78, 5) is 17.9. The van der Waals surface area contributed by atoms with Gasteiger partial charge in [0.15, 0.2) is 11.4 Å². The van der Waals surface area contributed by atoms with E-state index in [1.165, 1.54) is 0 Å². The minimum absolute atomic E-state index is 0.231. The predicted octanol–water partition coefficient (Wildman–Crippen LogP) is 9.21. The van der Waals surface area contributed by atoms with Gasteiger partial charge in [-0.15, -0.1) is 0 Å². The molecule has 0 fully saturated rings. The van der Waals surface area contributed by atoms with Gasteiger partial charge in [0.25, 0.3) is 5.70 Å². The lowest BCUT2D eigenvalue weighted by molar-refractivity contribution is 1.46. The number of fused-ring (bicyclic) bond motifs is 12. The Morgan fingerprint density at radius 1 is 0.479 bits per heavy atom. The second kappa shape index (κ2) is 10.3. The van der Waals surface area contributed by atoms with Gasteiger partial charge < -0.3 is 0 Å². The average molecular weight is 604 g/mol. The molecule has 0 N–H and O–H groups in total. The summed E-state index contributed by atoms with van der Waals surface area (Å²) in [6.07, 6.45) is 0. The summed E-state index contributed by atoms with van der Waals surface area (Å²) in [7, 11) is 0. The number of hydrogen-bond acceptors (Lipinski definition) is 4. The molecule has 0 heterocycles. The molecule has 0 aromatic heterocycles. The Bertz CT molecular complexity index is 2440. The van der Waals surface area contributed by atoms with Crippen molar-refractivity contribution in [2.45, 2.75) is 0 Å². The maximum atomic E-state index is 10.3. The van der Waals surface area contributed by atoms with Crippen molar-refractivity contribution in [3.05, 3.63) is 168 Å². The van der Waals surface area contributed by atoms with E-state index >= 15 is 0 Å². The Balaban J connectivity index is 1.88. The molecule has 3 aliphatic carbocycles. The third-order valence-corrected chi connectivity index (χ3v) is 8.64. The van der Waals surface area contributed by atoms with Gasteiger partial charge in [-0.05, 0) is 85.5 Å². The van der Waals surface area contributed by atoms with Crippen molar-refractivity contribution in [3.63, 3.8) is 0 Å². The number of nitriles is 4. The van der Waals surface area contributed by atoms with Crippen LogP contribution in [0.5, 0.6) is 0 Å². The Labute approximate surface area is 274 Å². The number of hydrogen-bond donors (Lipinski definition) is 0. The molecule has 7 rings (SSSR count). The van der Waals surface area contributed by atoms with Crippen LogP contribution in [0.2, 0.25) is 0 Å². The van der Waals surface area contributed by atoms with Crippen molar-refractivity contribution >= 4 is 28.1 Å². The summed E-state index contributed by atoms with van der Waals surface area (Å²) in [5.74, 6) is -0.282. The lowest BCUT2D eigenvalue weighted by Gasteiger charge is -2.18. The van der Waals surface area contributed by atoms with Crippen molar-refractivity contribution in [2.75, 3.05) is 0 Å². The van der Waals surface area contributed by atoms with Gasteiger partial charge in [-0.3, -0.25) is 0 Å². The van der Waals surface area contributed by atoms with E-state index in [1.807, 2.05) is 18.2 Å². The maximum absolute atomic E-state index is 10.3. The molecule has 3 aliphatic rings. The molecule has 0 radical (unpaired) electrons. The summed E-state index contributed by atoms with van der Waals surface area (Å²) < 4.78 is 0. The van der Waals surface area contributed by atoms with Crippen LogP contribution in [-0.4, -0.2) is 0 Å². The summed E-state index contributed by atoms with van der Waals surface area (Å²) in [6.45, 7) is 39.3. The second-order valence-electron chi connectivity index (χ2n) is 10.6. The van der Waals surface area contributed by atoms with E-state index in [4.69, 9.17) is 32.9 Å². The van der Waals surface area contributed by atoms with Gasteiger partial charge in [-0.2, -0.15) is 25.5 Å². The number of benzene rings is 4. The highest BCUT2D eigenvalue weighted by molar-refractivity contribution is 6.24. The van der Waals surface area contributed by atoms with E-state index in [0.29, 0.717) is 66.8 Å². The Morgan fingerprint density at radius 3 is 1.42 bits per heavy atom. The van der Waals surface area contributed by atoms with Crippen LogP contribution < -0.4 is 0 Å². The third kappa shape index (κ3) is 3.44. The fourth-order valence-electron chi connectivity index (χ4n) is 6.95. The van der Waals surface area contributed by atoms with E-state index in [0.717, 1.165) is 0 Å². The molecule has 9 nitrogen and oxygen atoms in total.